The molecule has 3 rings (SSSR count). The lowest BCUT2D eigenvalue weighted by molar-refractivity contribution is -0.120. The van der Waals surface area contributed by atoms with Crippen LogP contribution in [0.25, 0.3) is 0 Å². The van der Waals surface area contributed by atoms with E-state index >= 15 is 0 Å². The number of nitrogens with zero attached hydrogens (tertiary/aromatic N) is 1. The number of hydrogen-bond acceptors (Lipinski definition) is 3. The van der Waals surface area contributed by atoms with Crippen LogP contribution in [0.2, 0.25) is 5.02 Å². The number of para-hydroxylation sites is 1. The van der Waals surface area contributed by atoms with Gasteiger partial charge in [0.15, 0.2) is 0 Å². The quantitative estimate of drug-likeness (QED) is 0.444. The molecule has 0 saturated carbocycles. The van der Waals surface area contributed by atoms with Crippen molar-refractivity contribution in [2.24, 2.45) is 0 Å². The number of halogens is 1. The van der Waals surface area contributed by atoms with Crippen molar-refractivity contribution < 1.29 is 13.2 Å². The Morgan fingerprint density at radius 3 is 2.24 bits per heavy atom. The standard InChI is InChI=1S/C26H29ClN2O3S/c1-5-24(23-15-10-18(2)16-20(23)4)28-26(30)17-29(25-9-7-6-8-19(25)3)33(31,32)22-13-11-21(27)12-14-22/h6-16,24H,5,17H2,1-4H3,(H,28,30). The number of anilines is 1. The average molecular weight is 485 g/mol. The summed E-state index contributed by atoms with van der Waals surface area (Å²) >= 11 is 5.95. The van der Waals surface area contributed by atoms with Gasteiger partial charge in [-0.25, -0.2) is 8.42 Å². The number of carbonyl (C=O) groups is 1. The molecule has 3 aromatic rings. The van der Waals surface area contributed by atoms with Crippen LogP contribution in [-0.4, -0.2) is 20.9 Å². The Labute approximate surface area is 201 Å². The van der Waals surface area contributed by atoms with E-state index in [1.807, 2.05) is 52.0 Å². The first-order valence-corrected chi connectivity index (χ1v) is 12.7. The lowest BCUT2D eigenvalue weighted by Crippen LogP contribution is -2.42. The topological polar surface area (TPSA) is 66.5 Å². The Kier molecular flexibility index (Phi) is 7.82. The van der Waals surface area contributed by atoms with E-state index in [2.05, 4.69) is 11.4 Å². The molecule has 0 saturated heterocycles. The maximum absolute atomic E-state index is 13.6. The Bertz CT molecular complexity index is 1240. The van der Waals surface area contributed by atoms with Gasteiger partial charge in [0, 0.05) is 5.02 Å². The van der Waals surface area contributed by atoms with Gasteiger partial charge in [0.2, 0.25) is 5.91 Å². The Hall–Kier alpha value is -2.83. The van der Waals surface area contributed by atoms with Crippen LogP contribution >= 0.6 is 11.6 Å². The highest BCUT2D eigenvalue weighted by Crippen LogP contribution is 2.28. The minimum absolute atomic E-state index is 0.0735. The first-order chi connectivity index (χ1) is 15.6. The molecular formula is C26H29ClN2O3S. The molecule has 0 aromatic heterocycles. The molecule has 1 unspecified atom stereocenters. The fourth-order valence-electron chi connectivity index (χ4n) is 3.86. The molecule has 1 N–H and O–H groups in total. The van der Waals surface area contributed by atoms with Gasteiger partial charge in [0.05, 0.1) is 16.6 Å². The van der Waals surface area contributed by atoms with Gasteiger partial charge < -0.3 is 5.32 Å². The molecule has 0 fully saturated rings. The molecular weight excluding hydrogens is 456 g/mol. The number of sulfonamides is 1. The highest BCUT2D eigenvalue weighted by atomic mass is 35.5. The molecule has 0 bridgehead atoms. The zero-order valence-corrected chi connectivity index (χ0v) is 20.9. The van der Waals surface area contributed by atoms with E-state index in [1.165, 1.54) is 24.3 Å². The summed E-state index contributed by atoms with van der Waals surface area (Å²) in [6.07, 6.45) is 0.684. The smallest absolute Gasteiger partial charge is 0.264 e. The van der Waals surface area contributed by atoms with Crippen molar-refractivity contribution in [1.29, 1.82) is 0 Å². The summed E-state index contributed by atoms with van der Waals surface area (Å²) in [5.74, 6) is -0.373. The fourth-order valence-corrected chi connectivity index (χ4v) is 5.47. The first kappa shape index (κ1) is 24.8. The number of hydrogen-bond donors (Lipinski definition) is 1. The Balaban J connectivity index is 1.94. The SMILES string of the molecule is CCC(NC(=O)CN(c1ccccc1C)S(=O)(=O)c1ccc(Cl)cc1)c1ccc(C)cc1C. The van der Waals surface area contributed by atoms with Gasteiger partial charge in [-0.15, -0.1) is 0 Å². The van der Waals surface area contributed by atoms with E-state index in [9.17, 15) is 13.2 Å². The van der Waals surface area contributed by atoms with Gasteiger partial charge in [-0.3, -0.25) is 9.10 Å². The molecule has 174 valence electrons. The number of amides is 1. The fraction of sp³-hybridized carbons (Fsp3) is 0.269. The van der Waals surface area contributed by atoms with E-state index in [0.717, 1.165) is 26.6 Å². The van der Waals surface area contributed by atoms with Gasteiger partial charge in [0.25, 0.3) is 10.0 Å². The molecule has 0 aliphatic rings. The molecule has 3 aromatic carbocycles. The zero-order valence-electron chi connectivity index (χ0n) is 19.3. The van der Waals surface area contributed by atoms with Crippen LogP contribution in [0.15, 0.2) is 71.6 Å². The normalized spacial score (nSPS) is 12.3. The number of carbonyl (C=O) groups excluding carboxylic acids is 1. The monoisotopic (exact) mass is 484 g/mol. The minimum atomic E-state index is -4.00. The average Bonchev–Trinajstić information content (AvgIpc) is 2.77. The van der Waals surface area contributed by atoms with Crippen LogP contribution in [0, 0.1) is 20.8 Å². The van der Waals surface area contributed by atoms with E-state index in [-0.39, 0.29) is 23.4 Å². The van der Waals surface area contributed by atoms with Crippen LogP contribution in [0.1, 0.15) is 41.6 Å². The number of rotatable bonds is 8. The van der Waals surface area contributed by atoms with Crippen molar-refractivity contribution in [3.63, 3.8) is 0 Å². The molecule has 0 radical (unpaired) electrons. The molecule has 7 heteroatoms. The van der Waals surface area contributed by atoms with Crippen LogP contribution in [0.4, 0.5) is 5.69 Å². The van der Waals surface area contributed by atoms with Crippen molar-refractivity contribution in [2.75, 3.05) is 10.8 Å². The summed E-state index contributed by atoms with van der Waals surface area (Å²) in [6.45, 7) is 7.52. The van der Waals surface area contributed by atoms with E-state index < -0.39 is 10.0 Å². The van der Waals surface area contributed by atoms with Crippen molar-refractivity contribution >= 4 is 33.2 Å². The molecule has 0 aliphatic heterocycles. The maximum atomic E-state index is 13.6. The predicted octanol–water partition coefficient (Wildman–Crippen LogP) is 5.73. The molecule has 0 heterocycles. The Morgan fingerprint density at radius 2 is 1.64 bits per heavy atom. The maximum Gasteiger partial charge on any atom is 0.264 e. The summed E-state index contributed by atoms with van der Waals surface area (Å²) < 4.78 is 28.3. The van der Waals surface area contributed by atoms with Crippen LogP contribution < -0.4 is 9.62 Å². The second-order valence-electron chi connectivity index (χ2n) is 8.14. The van der Waals surface area contributed by atoms with Gasteiger partial charge in [-0.2, -0.15) is 0 Å². The summed E-state index contributed by atoms with van der Waals surface area (Å²) in [7, 11) is -4.00. The van der Waals surface area contributed by atoms with Crippen LogP contribution in [0.3, 0.4) is 0 Å². The third-order valence-corrected chi connectivity index (χ3v) is 7.64. The lowest BCUT2D eigenvalue weighted by atomic mass is 9.97. The second kappa shape index (κ2) is 10.4. The van der Waals surface area contributed by atoms with Crippen molar-refractivity contribution in [3.8, 4) is 0 Å². The van der Waals surface area contributed by atoms with E-state index in [4.69, 9.17) is 11.6 Å². The number of nitrogens with one attached hydrogen (secondary N) is 1. The van der Waals surface area contributed by atoms with Crippen molar-refractivity contribution in [3.05, 3.63) is 94.0 Å². The highest BCUT2D eigenvalue weighted by Gasteiger charge is 2.29. The van der Waals surface area contributed by atoms with Gasteiger partial charge in [-0.1, -0.05) is 60.5 Å². The zero-order chi connectivity index (χ0) is 24.2. The summed E-state index contributed by atoms with van der Waals surface area (Å²) in [4.78, 5) is 13.2. The molecule has 33 heavy (non-hydrogen) atoms. The predicted molar refractivity (Wildman–Crippen MR) is 134 cm³/mol. The number of benzene rings is 3. The molecule has 5 nitrogen and oxygen atoms in total. The summed E-state index contributed by atoms with van der Waals surface area (Å²) in [6, 6.07) is 19.0. The van der Waals surface area contributed by atoms with E-state index in [0.29, 0.717) is 17.1 Å². The van der Waals surface area contributed by atoms with Gasteiger partial charge in [-0.05, 0) is 74.2 Å². The van der Waals surface area contributed by atoms with Crippen molar-refractivity contribution in [1.82, 2.24) is 5.32 Å². The third-order valence-electron chi connectivity index (χ3n) is 5.62. The van der Waals surface area contributed by atoms with Crippen LogP contribution in [0.5, 0.6) is 0 Å². The highest BCUT2D eigenvalue weighted by molar-refractivity contribution is 7.92. The summed E-state index contributed by atoms with van der Waals surface area (Å²) in [5.41, 5.74) is 4.48. The van der Waals surface area contributed by atoms with E-state index in [1.54, 1.807) is 12.1 Å². The minimum Gasteiger partial charge on any atom is -0.348 e. The first-order valence-electron chi connectivity index (χ1n) is 10.8. The lowest BCUT2D eigenvalue weighted by Gasteiger charge is -2.27. The molecule has 1 atom stereocenters. The molecule has 0 spiro atoms. The Morgan fingerprint density at radius 1 is 0.970 bits per heavy atom. The van der Waals surface area contributed by atoms with Crippen LogP contribution in [-0.2, 0) is 14.8 Å². The van der Waals surface area contributed by atoms with Crippen molar-refractivity contribution in [2.45, 2.75) is 45.1 Å². The largest absolute Gasteiger partial charge is 0.348 e. The summed E-state index contributed by atoms with van der Waals surface area (Å²) in [5, 5.41) is 3.47. The number of aryl methyl sites for hydroxylation is 3. The molecule has 1 amide bonds. The molecule has 0 aliphatic carbocycles. The van der Waals surface area contributed by atoms with Gasteiger partial charge >= 0.3 is 0 Å². The van der Waals surface area contributed by atoms with Gasteiger partial charge in [0.1, 0.15) is 6.54 Å². The second-order valence-corrected chi connectivity index (χ2v) is 10.4. The third kappa shape index (κ3) is 5.75.